The van der Waals surface area contributed by atoms with E-state index in [4.69, 9.17) is 9.47 Å². The predicted molar refractivity (Wildman–Crippen MR) is 77.4 cm³/mol. The van der Waals surface area contributed by atoms with Crippen LogP contribution in [0.25, 0.3) is 0 Å². The van der Waals surface area contributed by atoms with E-state index in [2.05, 4.69) is 29.3 Å². The number of nitrogens with one attached hydrogen (secondary N) is 1. The summed E-state index contributed by atoms with van der Waals surface area (Å²) in [7, 11) is 0. The molecule has 4 nitrogen and oxygen atoms in total. The minimum atomic E-state index is 0. The normalized spacial score (nSPS) is 22.7. The molecular formula is C14H21ClN2O2. The van der Waals surface area contributed by atoms with E-state index in [9.17, 15) is 0 Å². The van der Waals surface area contributed by atoms with Crippen LogP contribution in [0.3, 0.4) is 0 Å². The average molecular weight is 285 g/mol. The van der Waals surface area contributed by atoms with Crippen LogP contribution >= 0.6 is 12.4 Å². The fourth-order valence-electron chi connectivity index (χ4n) is 2.60. The quantitative estimate of drug-likeness (QED) is 0.896. The van der Waals surface area contributed by atoms with Crippen LogP contribution < -0.4 is 14.8 Å². The summed E-state index contributed by atoms with van der Waals surface area (Å²) >= 11 is 0. The van der Waals surface area contributed by atoms with Gasteiger partial charge in [-0.25, -0.2) is 0 Å². The second-order valence-corrected chi connectivity index (χ2v) is 5.07. The molecule has 5 heteroatoms. The highest BCUT2D eigenvalue weighted by Crippen LogP contribution is 2.31. The number of ether oxygens (including phenoxy) is 2. The van der Waals surface area contributed by atoms with Crippen molar-refractivity contribution in [1.29, 1.82) is 0 Å². The summed E-state index contributed by atoms with van der Waals surface area (Å²) in [6.07, 6.45) is 0. The highest BCUT2D eigenvalue weighted by atomic mass is 35.5. The Bertz CT molecular complexity index is 428. The van der Waals surface area contributed by atoms with Crippen molar-refractivity contribution in [2.24, 2.45) is 0 Å². The highest BCUT2D eigenvalue weighted by Gasteiger charge is 2.17. The van der Waals surface area contributed by atoms with Gasteiger partial charge in [0.05, 0.1) is 0 Å². The number of hydrogen-bond acceptors (Lipinski definition) is 4. The summed E-state index contributed by atoms with van der Waals surface area (Å²) in [5.41, 5.74) is 1.30. The number of halogens is 1. The van der Waals surface area contributed by atoms with E-state index < -0.39 is 0 Å². The molecule has 0 radical (unpaired) electrons. The van der Waals surface area contributed by atoms with E-state index in [1.807, 2.05) is 6.07 Å². The third kappa shape index (κ3) is 3.53. The molecule has 1 aromatic rings. The molecule has 1 aromatic carbocycles. The Kier molecular flexibility index (Phi) is 4.91. The number of rotatable bonds is 2. The van der Waals surface area contributed by atoms with E-state index in [1.54, 1.807) is 0 Å². The second kappa shape index (κ2) is 6.46. The maximum Gasteiger partial charge on any atom is 0.161 e. The Labute approximate surface area is 120 Å². The maximum atomic E-state index is 5.62. The van der Waals surface area contributed by atoms with Gasteiger partial charge in [-0.3, -0.25) is 4.90 Å². The first-order valence-electron chi connectivity index (χ1n) is 6.65. The molecule has 0 aliphatic carbocycles. The zero-order valence-electron chi connectivity index (χ0n) is 11.2. The van der Waals surface area contributed by atoms with Gasteiger partial charge in [0.1, 0.15) is 13.2 Å². The lowest BCUT2D eigenvalue weighted by Gasteiger charge is -2.32. The standard InChI is InChI=1S/C14H20N2O2.ClH/c1-11-9-16(5-4-15-11)10-12-2-3-13-14(8-12)18-7-6-17-13;/h2-3,8,11,15H,4-7,9-10H2,1H3;1H/t11-;/m0./s1. The summed E-state index contributed by atoms with van der Waals surface area (Å²) < 4.78 is 11.2. The van der Waals surface area contributed by atoms with Crippen molar-refractivity contribution in [3.8, 4) is 11.5 Å². The first-order chi connectivity index (χ1) is 8.81. The fourth-order valence-corrected chi connectivity index (χ4v) is 2.60. The number of nitrogens with zero attached hydrogens (tertiary/aromatic N) is 1. The monoisotopic (exact) mass is 284 g/mol. The Balaban J connectivity index is 0.00000133. The van der Waals surface area contributed by atoms with Gasteiger partial charge in [-0.2, -0.15) is 0 Å². The van der Waals surface area contributed by atoms with Crippen LogP contribution in [-0.2, 0) is 6.54 Å². The van der Waals surface area contributed by atoms with Crippen LogP contribution in [0.15, 0.2) is 18.2 Å². The smallest absolute Gasteiger partial charge is 0.161 e. The SMILES string of the molecule is C[C@H]1CN(Cc2ccc3c(c2)OCCO3)CCN1.Cl. The number of piperazine rings is 1. The summed E-state index contributed by atoms with van der Waals surface area (Å²) in [6, 6.07) is 6.85. The molecule has 1 atom stereocenters. The van der Waals surface area contributed by atoms with E-state index in [1.165, 1.54) is 5.56 Å². The Hall–Kier alpha value is -0.970. The van der Waals surface area contributed by atoms with Crippen molar-refractivity contribution >= 4 is 12.4 Å². The average Bonchev–Trinajstić information content (AvgIpc) is 2.39. The minimum absolute atomic E-state index is 0. The lowest BCUT2D eigenvalue weighted by atomic mass is 10.1. The Morgan fingerprint density at radius 3 is 2.84 bits per heavy atom. The number of hydrogen-bond donors (Lipinski definition) is 1. The van der Waals surface area contributed by atoms with Crippen molar-refractivity contribution in [2.45, 2.75) is 19.5 Å². The van der Waals surface area contributed by atoms with Crippen molar-refractivity contribution in [3.63, 3.8) is 0 Å². The molecule has 2 aliphatic rings. The largest absolute Gasteiger partial charge is 0.486 e. The van der Waals surface area contributed by atoms with Gasteiger partial charge in [0, 0.05) is 32.2 Å². The fraction of sp³-hybridized carbons (Fsp3) is 0.571. The highest BCUT2D eigenvalue weighted by molar-refractivity contribution is 5.85. The van der Waals surface area contributed by atoms with Crippen LogP contribution in [0.4, 0.5) is 0 Å². The topological polar surface area (TPSA) is 33.7 Å². The molecule has 2 aliphatic heterocycles. The molecule has 106 valence electrons. The van der Waals surface area contributed by atoms with E-state index in [-0.39, 0.29) is 12.4 Å². The molecule has 0 spiro atoms. The molecule has 0 amide bonds. The van der Waals surface area contributed by atoms with Crippen LogP contribution in [0.2, 0.25) is 0 Å². The van der Waals surface area contributed by atoms with E-state index in [0.29, 0.717) is 19.3 Å². The molecule has 19 heavy (non-hydrogen) atoms. The van der Waals surface area contributed by atoms with Gasteiger partial charge in [-0.15, -0.1) is 12.4 Å². The predicted octanol–water partition coefficient (Wildman–Crippen LogP) is 1.67. The summed E-state index contributed by atoms with van der Waals surface area (Å²) in [4.78, 5) is 2.48. The molecule has 0 bridgehead atoms. The third-order valence-corrected chi connectivity index (χ3v) is 3.47. The Morgan fingerprint density at radius 1 is 1.26 bits per heavy atom. The molecule has 1 fully saturated rings. The number of benzene rings is 1. The summed E-state index contributed by atoms with van der Waals surface area (Å²) in [6.45, 7) is 7.82. The summed E-state index contributed by atoms with van der Waals surface area (Å²) in [5.74, 6) is 1.76. The zero-order chi connectivity index (χ0) is 12.4. The second-order valence-electron chi connectivity index (χ2n) is 5.07. The van der Waals surface area contributed by atoms with Crippen molar-refractivity contribution < 1.29 is 9.47 Å². The van der Waals surface area contributed by atoms with Crippen LogP contribution in [0, 0.1) is 0 Å². The van der Waals surface area contributed by atoms with Crippen molar-refractivity contribution in [3.05, 3.63) is 23.8 Å². The molecule has 0 unspecified atom stereocenters. The van der Waals surface area contributed by atoms with Crippen molar-refractivity contribution in [1.82, 2.24) is 10.2 Å². The molecular weight excluding hydrogens is 264 g/mol. The minimum Gasteiger partial charge on any atom is -0.486 e. The van der Waals surface area contributed by atoms with Gasteiger partial charge in [-0.1, -0.05) is 6.07 Å². The van der Waals surface area contributed by atoms with Crippen LogP contribution in [-0.4, -0.2) is 43.8 Å². The molecule has 0 aromatic heterocycles. The van der Waals surface area contributed by atoms with Crippen LogP contribution in [0.1, 0.15) is 12.5 Å². The third-order valence-electron chi connectivity index (χ3n) is 3.47. The molecule has 1 N–H and O–H groups in total. The van der Waals surface area contributed by atoms with Crippen molar-refractivity contribution in [2.75, 3.05) is 32.8 Å². The summed E-state index contributed by atoms with van der Waals surface area (Å²) in [5, 5.41) is 3.46. The zero-order valence-corrected chi connectivity index (χ0v) is 12.0. The van der Waals surface area contributed by atoms with Gasteiger partial charge in [0.15, 0.2) is 11.5 Å². The van der Waals surface area contributed by atoms with Gasteiger partial charge in [0.25, 0.3) is 0 Å². The first-order valence-corrected chi connectivity index (χ1v) is 6.65. The lowest BCUT2D eigenvalue weighted by Crippen LogP contribution is -2.48. The van der Waals surface area contributed by atoms with Crippen LogP contribution in [0.5, 0.6) is 11.5 Å². The first kappa shape index (κ1) is 14.4. The molecule has 3 rings (SSSR count). The lowest BCUT2D eigenvalue weighted by molar-refractivity contribution is 0.170. The molecule has 2 heterocycles. The maximum absolute atomic E-state index is 5.62. The molecule has 1 saturated heterocycles. The van der Waals surface area contributed by atoms with Gasteiger partial charge in [-0.05, 0) is 24.6 Å². The van der Waals surface area contributed by atoms with Gasteiger partial charge in [0.2, 0.25) is 0 Å². The van der Waals surface area contributed by atoms with E-state index in [0.717, 1.165) is 37.7 Å². The number of fused-ring (bicyclic) bond motifs is 1. The van der Waals surface area contributed by atoms with E-state index >= 15 is 0 Å². The molecule has 0 saturated carbocycles. The Morgan fingerprint density at radius 2 is 2.05 bits per heavy atom. The van der Waals surface area contributed by atoms with Gasteiger partial charge >= 0.3 is 0 Å². The van der Waals surface area contributed by atoms with Gasteiger partial charge < -0.3 is 14.8 Å².